The van der Waals surface area contributed by atoms with Crippen molar-refractivity contribution in [2.24, 2.45) is 0 Å². The van der Waals surface area contributed by atoms with Gasteiger partial charge in [-0.05, 0) is 31.0 Å². The number of hydrogen-bond acceptors (Lipinski definition) is 5. The second kappa shape index (κ2) is 6.99. The van der Waals surface area contributed by atoms with Gasteiger partial charge in [-0.1, -0.05) is 0 Å². The van der Waals surface area contributed by atoms with Gasteiger partial charge in [0, 0.05) is 37.2 Å². The van der Waals surface area contributed by atoms with E-state index in [1.165, 1.54) is 0 Å². The second-order valence-electron chi connectivity index (χ2n) is 6.83. The summed E-state index contributed by atoms with van der Waals surface area (Å²) >= 11 is 0. The molecule has 1 unspecified atom stereocenters. The van der Waals surface area contributed by atoms with Crippen LogP contribution in [0, 0.1) is 0 Å². The predicted molar refractivity (Wildman–Crippen MR) is 96.8 cm³/mol. The van der Waals surface area contributed by atoms with Crippen molar-refractivity contribution in [2.45, 2.75) is 25.3 Å². The van der Waals surface area contributed by atoms with Crippen LogP contribution >= 0.6 is 0 Å². The third-order valence-electron chi connectivity index (χ3n) is 5.38. The number of carbonyl (C=O) groups is 1. The van der Waals surface area contributed by atoms with Crippen LogP contribution in [0.3, 0.4) is 0 Å². The molecule has 4 rings (SSSR count). The Balaban J connectivity index is 1.59. The fourth-order valence-electron chi connectivity index (χ4n) is 3.95. The van der Waals surface area contributed by atoms with Gasteiger partial charge < -0.3 is 19.7 Å². The summed E-state index contributed by atoms with van der Waals surface area (Å²) < 4.78 is 10.9. The molecule has 1 saturated heterocycles. The number of aromatic amines is 1. The Bertz CT molecular complexity index is 811. The van der Waals surface area contributed by atoms with Gasteiger partial charge in [0.05, 0.1) is 31.7 Å². The van der Waals surface area contributed by atoms with E-state index in [1.54, 1.807) is 20.4 Å². The molecule has 2 N–H and O–H groups in total. The molecule has 0 radical (unpaired) electrons. The van der Waals surface area contributed by atoms with E-state index in [-0.39, 0.29) is 5.91 Å². The van der Waals surface area contributed by atoms with Crippen LogP contribution in [0.5, 0.6) is 11.5 Å². The third-order valence-corrected chi connectivity index (χ3v) is 5.38. The highest BCUT2D eigenvalue weighted by Gasteiger charge is 2.29. The Morgan fingerprint density at radius 2 is 2.19 bits per heavy atom. The molecule has 2 aliphatic rings. The molecule has 3 heterocycles. The monoisotopic (exact) mass is 356 g/mol. The molecular weight excluding hydrogens is 332 g/mol. The van der Waals surface area contributed by atoms with E-state index in [1.807, 2.05) is 17.0 Å². The summed E-state index contributed by atoms with van der Waals surface area (Å²) in [6.07, 6.45) is 3.46. The van der Waals surface area contributed by atoms with E-state index >= 15 is 0 Å². The van der Waals surface area contributed by atoms with Gasteiger partial charge in [0.1, 0.15) is 11.5 Å². The molecule has 1 fully saturated rings. The largest absolute Gasteiger partial charge is 0.497 e. The lowest BCUT2D eigenvalue weighted by atomic mass is 9.96. The van der Waals surface area contributed by atoms with Crippen molar-refractivity contribution < 1.29 is 14.3 Å². The lowest BCUT2D eigenvalue weighted by Crippen LogP contribution is -2.36. The van der Waals surface area contributed by atoms with Gasteiger partial charge in [0.15, 0.2) is 0 Å². The number of benzene rings is 1. The van der Waals surface area contributed by atoms with Gasteiger partial charge in [-0.15, -0.1) is 0 Å². The molecule has 0 bridgehead atoms. The molecular formula is C19H24N4O3. The molecule has 26 heavy (non-hydrogen) atoms. The van der Waals surface area contributed by atoms with E-state index in [4.69, 9.17) is 9.47 Å². The molecule has 0 saturated carbocycles. The van der Waals surface area contributed by atoms with Crippen LogP contribution in [0.1, 0.15) is 39.5 Å². The highest BCUT2D eigenvalue weighted by Crippen LogP contribution is 2.33. The number of nitrogens with zero attached hydrogens (tertiary/aromatic N) is 2. The molecule has 138 valence electrons. The minimum Gasteiger partial charge on any atom is -0.497 e. The van der Waals surface area contributed by atoms with E-state index in [0.717, 1.165) is 54.3 Å². The summed E-state index contributed by atoms with van der Waals surface area (Å²) in [6.45, 7) is 3.09. The fourth-order valence-corrected chi connectivity index (χ4v) is 3.95. The third kappa shape index (κ3) is 2.92. The average Bonchev–Trinajstić information content (AvgIpc) is 3.36. The molecule has 7 nitrogen and oxygen atoms in total. The van der Waals surface area contributed by atoms with Crippen molar-refractivity contribution >= 4 is 5.91 Å². The van der Waals surface area contributed by atoms with Gasteiger partial charge >= 0.3 is 0 Å². The van der Waals surface area contributed by atoms with Gasteiger partial charge in [0.25, 0.3) is 5.91 Å². The number of nitrogens with one attached hydrogen (secondary N) is 2. The topological polar surface area (TPSA) is 79.5 Å². The maximum atomic E-state index is 13.1. The Labute approximate surface area is 152 Å². The SMILES string of the molecule is COc1cc2c(c(OC)c1)CCN(C(=O)c1cn[nH]c1C1CCNC1)C2. The Morgan fingerprint density at radius 1 is 1.31 bits per heavy atom. The Morgan fingerprint density at radius 3 is 2.92 bits per heavy atom. The second-order valence-corrected chi connectivity index (χ2v) is 6.83. The molecule has 2 aromatic rings. The van der Waals surface area contributed by atoms with E-state index < -0.39 is 0 Å². The normalized spacial score (nSPS) is 19.3. The van der Waals surface area contributed by atoms with Gasteiger partial charge in [-0.2, -0.15) is 5.10 Å². The summed E-state index contributed by atoms with van der Waals surface area (Å²) in [5, 5.41) is 10.5. The predicted octanol–water partition coefficient (Wildman–Crippen LogP) is 1.70. The van der Waals surface area contributed by atoms with Crippen molar-refractivity contribution in [3.05, 3.63) is 40.7 Å². The van der Waals surface area contributed by atoms with Crippen LogP contribution in [0.25, 0.3) is 0 Å². The number of ether oxygens (including phenoxy) is 2. The number of H-pyrrole nitrogens is 1. The standard InChI is InChI=1S/C19H24N4O3/c1-25-14-7-13-11-23(6-4-15(13)17(8-14)26-2)19(24)16-10-21-22-18(16)12-3-5-20-9-12/h7-8,10,12,20H,3-6,9,11H2,1-2H3,(H,21,22). The fraction of sp³-hybridized carbons (Fsp3) is 0.474. The lowest BCUT2D eigenvalue weighted by molar-refractivity contribution is 0.0732. The summed E-state index contributed by atoms with van der Waals surface area (Å²) in [7, 11) is 3.31. The zero-order chi connectivity index (χ0) is 18.1. The number of fused-ring (bicyclic) bond motifs is 1. The average molecular weight is 356 g/mol. The molecule has 0 spiro atoms. The quantitative estimate of drug-likeness (QED) is 0.872. The molecule has 2 aliphatic heterocycles. The summed E-state index contributed by atoms with van der Waals surface area (Å²) in [4.78, 5) is 15.0. The van der Waals surface area contributed by atoms with Crippen LogP contribution in [0.15, 0.2) is 18.3 Å². The maximum Gasteiger partial charge on any atom is 0.257 e. The van der Waals surface area contributed by atoms with Gasteiger partial charge in [0.2, 0.25) is 0 Å². The minimum atomic E-state index is 0.0353. The summed E-state index contributed by atoms with van der Waals surface area (Å²) in [5.41, 5.74) is 3.88. The molecule has 7 heteroatoms. The highest BCUT2D eigenvalue weighted by atomic mass is 16.5. The highest BCUT2D eigenvalue weighted by molar-refractivity contribution is 5.95. The first-order valence-electron chi connectivity index (χ1n) is 8.98. The summed E-state index contributed by atoms with van der Waals surface area (Å²) in [6, 6.07) is 3.89. The van der Waals surface area contributed by atoms with Crippen molar-refractivity contribution in [1.29, 1.82) is 0 Å². The molecule has 0 aliphatic carbocycles. The van der Waals surface area contributed by atoms with E-state index in [0.29, 0.717) is 24.6 Å². The number of rotatable bonds is 4. The number of carbonyl (C=O) groups excluding carboxylic acids is 1. The van der Waals surface area contributed by atoms with Crippen molar-refractivity contribution in [2.75, 3.05) is 33.9 Å². The molecule has 1 amide bonds. The zero-order valence-corrected chi connectivity index (χ0v) is 15.2. The van der Waals surface area contributed by atoms with Crippen LogP contribution in [-0.2, 0) is 13.0 Å². The first-order valence-corrected chi connectivity index (χ1v) is 8.98. The summed E-state index contributed by atoms with van der Waals surface area (Å²) in [5.74, 6) is 1.94. The lowest BCUT2D eigenvalue weighted by Gasteiger charge is -2.30. The van der Waals surface area contributed by atoms with Gasteiger partial charge in [-0.25, -0.2) is 0 Å². The smallest absolute Gasteiger partial charge is 0.257 e. The molecule has 1 atom stereocenters. The number of amides is 1. The number of aromatic nitrogens is 2. The Hall–Kier alpha value is -2.54. The van der Waals surface area contributed by atoms with E-state index in [2.05, 4.69) is 15.5 Å². The van der Waals surface area contributed by atoms with Crippen LogP contribution in [0.2, 0.25) is 0 Å². The minimum absolute atomic E-state index is 0.0353. The first kappa shape index (κ1) is 16.9. The molecule has 1 aromatic heterocycles. The Kier molecular flexibility index (Phi) is 4.55. The maximum absolute atomic E-state index is 13.1. The van der Waals surface area contributed by atoms with Crippen molar-refractivity contribution in [1.82, 2.24) is 20.4 Å². The van der Waals surface area contributed by atoms with Crippen molar-refractivity contribution in [3.8, 4) is 11.5 Å². The van der Waals surface area contributed by atoms with Crippen LogP contribution in [0.4, 0.5) is 0 Å². The zero-order valence-electron chi connectivity index (χ0n) is 15.2. The number of hydrogen-bond donors (Lipinski definition) is 2. The van der Waals surface area contributed by atoms with Crippen LogP contribution in [-0.4, -0.2) is 54.9 Å². The molecule has 1 aromatic carbocycles. The van der Waals surface area contributed by atoms with Crippen molar-refractivity contribution in [3.63, 3.8) is 0 Å². The van der Waals surface area contributed by atoms with Gasteiger partial charge in [-0.3, -0.25) is 9.89 Å². The number of methoxy groups -OCH3 is 2. The van der Waals surface area contributed by atoms with Crippen LogP contribution < -0.4 is 14.8 Å². The first-order chi connectivity index (χ1) is 12.7. The van der Waals surface area contributed by atoms with E-state index in [9.17, 15) is 4.79 Å².